The summed E-state index contributed by atoms with van der Waals surface area (Å²) in [5.41, 5.74) is 0.498. The minimum absolute atomic E-state index is 0.213. The molecule has 1 atom stereocenters. The molecule has 1 heterocycles. The molecule has 0 fully saturated rings. The molecule has 0 aliphatic heterocycles. The van der Waals surface area contributed by atoms with Crippen molar-refractivity contribution in [2.45, 2.75) is 17.1 Å². The number of nitrogens with zero attached hydrogens (tertiary/aromatic N) is 1. The van der Waals surface area contributed by atoms with Crippen LogP contribution in [0.25, 0.3) is 0 Å². The third-order valence-corrected chi connectivity index (χ3v) is 4.14. The Morgan fingerprint density at radius 2 is 2.09 bits per heavy atom. The fourth-order valence-corrected chi connectivity index (χ4v) is 2.83. The minimum atomic E-state index is -0.213. The molecule has 23 heavy (non-hydrogen) atoms. The van der Waals surface area contributed by atoms with E-state index in [0.717, 1.165) is 12.4 Å². The number of rotatable bonds is 7. The van der Waals surface area contributed by atoms with Crippen molar-refractivity contribution in [3.63, 3.8) is 0 Å². The number of thioether (sulfide) groups is 1. The van der Waals surface area contributed by atoms with E-state index in [2.05, 4.69) is 40.6 Å². The van der Waals surface area contributed by atoms with Gasteiger partial charge < -0.3 is 10.6 Å². The summed E-state index contributed by atoms with van der Waals surface area (Å²) in [4.78, 5) is 17.2. The molecular weight excluding hydrogens is 306 g/mol. The number of benzene rings is 1. The van der Waals surface area contributed by atoms with Gasteiger partial charge in [0.2, 0.25) is 0 Å². The maximum absolute atomic E-state index is 11.7. The Hall–Kier alpha value is -2.45. The van der Waals surface area contributed by atoms with Gasteiger partial charge in [-0.2, -0.15) is 0 Å². The van der Waals surface area contributed by atoms with E-state index in [9.17, 15) is 4.79 Å². The second kappa shape index (κ2) is 8.86. The molecule has 118 valence electrons. The quantitative estimate of drug-likeness (QED) is 0.607. The average Bonchev–Trinajstić information content (AvgIpc) is 2.59. The van der Waals surface area contributed by atoms with Gasteiger partial charge in [0.15, 0.2) is 0 Å². The molecule has 1 amide bonds. The van der Waals surface area contributed by atoms with E-state index in [1.165, 1.54) is 4.90 Å². The number of nitrogens with one attached hydrogen (secondary N) is 2. The monoisotopic (exact) mass is 325 g/mol. The van der Waals surface area contributed by atoms with Gasteiger partial charge >= 0.3 is 0 Å². The van der Waals surface area contributed by atoms with Gasteiger partial charge in [-0.05, 0) is 24.3 Å². The zero-order valence-corrected chi connectivity index (χ0v) is 13.8. The molecule has 0 spiro atoms. The zero-order chi connectivity index (χ0) is 16.5. The number of carbonyl (C=O) groups is 1. The van der Waals surface area contributed by atoms with Gasteiger partial charge in [-0.15, -0.1) is 18.2 Å². The van der Waals surface area contributed by atoms with Crippen molar-refractivity contribution in [1.29, 1.82) is 0 Å². The van der Waals surface area contributed by atoms with Crippen LogP contribution >= 0.6 is 11.8 Å². The summed E-state index contributed by atoms with van der Waals surface area (Å²) in [6.07, 6.45) is 6.65. The van der Waals surface area contributed by atoms with E-state index in [0.29, 0.717) is 10.8 Å². The van der Waals surface area contributed by atoms with Crippen LogP contribution in [0.4, 0.5) is 5.82 Å². The predicted molar refractivity (Wildman–Crippen MR) is 95.7 cm³/mol. The van der Waals surface area contributed by atoms with Crippen LogP contribution in [0.2, 0.25) is 0 Å². The lowest BCUT2D eigenvalue weighted by Crippen LogP contribution is -2.23. The molecule has 2 aromatic rings. The van der Waals surface area contributed by atoms with Gasteiger partial charge in [-0.3, -0.25) is 4.79 Å². The van der Waals surface area contributed by atoms with Crippen LogP contribution < -0.4 is 10.6 Å². The van der Waals surface area contributed by atoms with Crippen LogP contribution in [0.15, 0.2) is 53.6 Å². The fraction of sp³-hybridized carbons (Fsp3) is 0.222. The number of pyridine rings is 1. The lowest BCUT2D eigenvalue weighted by Gasteiger charge is -2.13. The summed E-state index contributed by atoms with van der Waals surface area (Å²) in [6.45, 7) is 3.16. The molecule has 0 saturated heterocycles. The highest BCUT2D eigenvalue weighted by atomic mass is 32.2. The Labute approximate surface area is 141 Å². The van der Waals surface area contributed by atoms with E-state index in [-0.39, 0.29) is 12.5 Å². The summed E-state index contributed by atoms with van der Waals surface area (Å²) in [5.74, 6) is 2.90. The standard InChI is InChI=1S/C18H19N3OS/c1-3-11-19-18(22)15-9-10-17(21-13-15)20-12-14(2)23-16-7-5-4-6-8-16/h1,4-10,13-14H,11-12H2,2H3,(H,19,22)(H,20,21). The molecule has 0 radical (unpaired) electrons. The molecule has 0 saturated carbocycles. The van der Waals surface area contributed by atoms with Crippen molar-refractivity contribution in [3.05, 3.63) is 54.2 Å². The molecule has 5 heteroatoms. The molecule has 0 bridgehead atoms. The van der Waals surface area contributed by atoms with Crippen LogP contribution in [0.1, 0.15) is 17.3 Å². The first-order chi connectivity index (χ1) is 11.2. The minimum Gasteiger partial charge on any atom is -0.369 e. The van der Waals surface area contributed by atoms with Crippen molar-refractivity contribution in [2.24, 2.45) is 0 Å². The van der Waals surface area contributed by atoms with Gasteiger partial charge in [0, 0.05) is 22.9 Å². The number of carbonyl (C=O) groups excluding carboxylic acids is 1. The maximum Gasteiger partial charge on any atom is 0.253 e. The highest BCUT2D eigenvalue weighted by Crippen LogP contribution is 2.22. The number of terminal acetylenes is 1. The molecule has 4 nitrogen and oxygen atoms in total. The molecule has 0 aliphatic rings. The van der Waals surface area contributed by atoms with E-state index >= 15 is 0 Å². The fourth-order valence-electron chi connectivity index (χ4n) is 1.89. The average molecular weight is 325 g/mol. The lowest BCUT2D eigenvalue weighted by atomic mass is 10.2. The van der Waals surface area contributed by atoms with Crippen LogP contribution in [0.3, 0.4) is 0 Å². The first kappa shape index (κ1) is 16.9. The van der Waals surface area contributed by atoms with Gasteiger partial charge in [0.25, 0.3) is 5.91 Å². The molecule has 2 rings (SSSR count). The lowest BCUT2D eigenvalue weighted by molar-refractivity contribution is 0.0958. The van der Waals surface area contributed by atoms with Gasteiger partial charge in [-0.1, -0.05) is 31.0 Å². The summed E-state index contributed by atoms with van der Waals surface area (Å²) >= 11 is 1.81. The molecule has 1 aromatic carbocycles. The Morgan fingerprint density at radius 3 is 2.74 bits per heavy atom. The maximum atomic E-state index is 11.7. The largest absolute Gasteiger partial charge is 0.369 e. The van der Waals surface area contributed by atoms with Crippen molar-refractivity contribution in [2.75, 3.05) is 18.4 Å². The summed E-state index contributed by atoms with van der Waals surface area (Å²) < 4.78 is 0. The first-order valence-corrected chi connectivity index (χ1v) is 8.20. The second-order valence-corrected chi connectivity index (χ2v) is 6.45. The topological polar surface area (TPSA) is 54.0 Å². The number of aromatic nitrogens is 1. The van der Waals surface area contributed by atoms with Gasteiger partial charge in [0.05, 0.1) is 12.1 Å². The zero-order valence-electron chi connectivity index (χ0n) is 13.0. The molecule has 1 unspecified atom stereocenters. The second-order valence-electron chi connectivity index (χ2n) is 4.94. The van der Waals surface area contributed by atoms with E-state index in [1.807, 2.05) is 18.2 Å². The van der Waals surface area contributed by atoms with Gasteiger partial charge in [0.1, 0.15) is 5.82 Å². The number of amides is 1. The third-order valence-electron chi connectivity index (χ3n) is 3.03. The predicted octanol–water partition coefficient (Wildman–Crippen LogP) is 3.04. The summed E-state index contributed by atoms with van der Waals surface area (Å²) in [7, 11) is 0. The number of hydrogen-bond donors (Lipinski definition) is 2. The summed E-state index contributed by atoms with van der Waals surface area (Å²) in [5, 5.41) is 6.29. The molecular formula is C18H19N3OS. The van der Waals surface area contributed by atoms with Crippen LogP contribution in [-0.2, 0) is 0 Å². The van der Waals surface area contributed by atoms with Crippen LogP contribution in [-0.4, -0.2) is 29.2 Å². The third kappa shape index (κ3) is 5.68. The first-order valence-electron chi connectivity index (χ1n) is 7.32. The summed E-state index contributed by atoms with van der Waals surface area (Å²) in [6, 6.07) is 13.8. The number of anilines is 1. The Kier molecular flexibility index (Phi) is 6.52. The van der Waals surface area contributed by atoms with Crippen molar-refractivity contribution in [1.82, 2.24) is 10.3 Å². The van der Waals surface area contributed by atoms with Crippen molar-refractivity contribution < 1.29 is 4.79 Å². The highest BCUT2D eigenvalue weighted by molar-refractivity contribution is 8.00. The van der Waals surface area contributed by atoms with Gasteiger partial charge in [-0.25, -0.2) is 4.98 Å². The normalized spacial score (nSPS) is 11.3. The van der Waals surface area contributed by atoms with Crippen molar-refractivity contribution in [3.8, 4) is 12.3 Å². The van der Waals surface area contributed by atoms with Crippen LogP contribution in [0, 0.1) is 12.3 Å². The Balaban J connectivity index is 1.82. The van der Waals surface area contributed by atoms with E-state index in [4.69, 9.17) is 6.42 Å². The van der Waals surface area contributed by atoms with Crippen molar-refractivity contribution >= 4 is 23.5 Å². The molecule has 2 N–H and O–H groups in total. The van der Waals surface area contributed by atoms with E-state index in [1.54, 1.807) is 30.1 Å². The SMILES string of the molecule is C#CCNC(=O)c1ccc(NCC(C)Sc2ccccc2)nc1. The smallest absolute Gasteiger partial charge is 0.253 e. The molecule has 0 aliphatic carbocycles. The Morgan fingerprint density at radius 1 is 1.30 bits per heavy atom. The molecule has 1 aromatic heterocycles. The number of hydrogen-bond acceptors (Lipinski definition) is 4. The van der Waals surface area contributed by atoms with Crippen LogP contribution in [0.5, 0.6) is 0 Å². The highest BCUT2D eigenvalue weighted by Gasteiger charge is 2.07. The van der Waals surface area contributed by atoms with E-state index < -0.39 is 0 Å². The Bertz CT molecular complexity index is 665.